The van der Waals surface area contributed by atoms with Crippen molar-refractivity contribution >= 4 is 44.3 Å². The summed E-state index contributed by atoms with van der Waals surface area (Å²) in [7, 11) is -1.72. The lowest BCUT2D eigenvalue weighted by Gasteiger charge is -2.10. The van der Waals surface area contributed by atoms with Crippen LogP contribution in [0.4, 0.5) is 5.69 Å². The van der Waals surface area contributed by atoms with Crippen molar-refractivity contribution in [3.05, 3.63) is 28.7 Å². The van der Waals surface area contributed by atoms with Gasteiger partial charge < -0.3 is 10.4 Å². The van der Waals surface area contributed by atoms with Gasteiger partial charge in [-0.3, -0.25) is 13.8 Å². The molecule has 0 saturated heterocycles. The van der Waals surface area contributed by atoms with Crippen molar-refractivity contribution in [1.82, 2.24) is 0 Å². The summed E-state index contributed by atoms with van der Waals surface area (Å²) < 4.78 is 12.6. The Hall–Kier alpha value is -1.21. The first-order valence-electron chi connectivity index (χ1n) is 5.59. The minimum Gasteiger partial charge on any atom is -0.480 e. The van der Waals surface area contributed by atoms with E-state index in [0.717, 1.165) is 4.47 Å². The van der Waals surface area contributed by atoms with Crippen molar-refractivity contribution in [2.75, 3.05) is 11.1 Å². The van der Waals surface area contributed by atoms with Crippen LogP contribution in [-0.2, 0) is 20.4 Å². The number of rotatable bonds is 6. The van der Waals surface area contributed by atoms with Gasteiger partial charge in [0, 0.05) is 21.0 Å². The van der Waals surface area contributed by atoms with Gasteiger partial charge >= 0.3 is 5.97 Å². The molecule has 0 aliphatic heterocycles. The molecular weight excluding hydrogens is 334 g/mol. The highest BCUT2D eigenvalue weighted by atomic mass is 79.9. The molecule has 0 saturated carbocycles. The maximum Gasteiger partial charge on any atom is 0.319 e. The van der Waals surface area contributed by atoms with E-state index < -0.39 is 27.9 Å². The van der Waals surface area contributed by atoms with Crippen LogP contribution in [0.3, 0.4) is 0 Å². The second-order valence-corrected chi connectivity index (χ2v) is 6.35. The molecule has 7 heteroatoms. The zero-order valence-corrected chi connectivity index (χ0v) is 12.7. The van der Waals surface area contributed by atoms with Crippen molar-refractivity contribution in [2.45, 2.75) is 18.6 Å². The highest BCUT2D eigenvalue weighted by Gasteiger charge is 2.24. The summed E-state index contributed by atoms with van der Waals surface area (Å²) in [6, 6.07) is 6.91. The molecule has 0 fully saturated rings. The number of halogens is 1. The molecule has 19 heavy (non-hydrogen) atoms. The van der Waals surface area contributed by atoms with Crippen LogP contribution in [0.2, 0.25) is 0 Å². The second-order valence-electron chi connectivity index (χ2n) is 3.82. The van der Waals surface area contributed by atoms with E-state index in [2.05, 4.69) is 21.2 Å². The average Bonchev–Trinajstić information content (AvgIpc) is 2.32. The Balaban J connectivity index is 2.58. The molecule has 0 aliphatic rings. The van der Waals surface area contributed by atoms with Gasteiger partial charge in [0.05, 0.1) is 0 Å². The topological polar surface area (TPSA) is 83.5 Å². The van der Waals surface area contributed by atoms with Gasteiger partial charge in [0.1, 0.15) is 11.0 Å². The fraction of sp³-hybridized carbons (Fsp3) is 0.333. The number of carbonyl (C=O) groups excluding carboxylic acids is 1. The molecule has 1 aromatic carbocycles. The molecule has 0 bridgehead atoms. The molecule has 104 valence electrons. The van der Waals surface area contributed by atoms with E-state index in [9.17, 15) is 13.8 Å². The predicted molar refractivity (Wildman–Crippen MR) is 77.5 cm³/mol. The molecule has 0 aromatic heterocycles. The zero-order chi connectivity index (χ0) is 14.4. The summed E-state index contributed by atoms with van der Waals surface area (Å²) in [5, 5.41) is 10.4. The van der Waals surface area contributed by atoms with Gasteiger partial charge in [0.2, 0.25) is 5.91 Å². The summed E-state index contributed by atoms with van der Waals surface area (Å²) >= 11 is 3.27. The number of carbonyl (C=O) groups is 2. The number of anilines is 1. The zero-order valence-electron chi connectivity index (χ0n) is 10.3. The Morgan fingerprint density at radius 3 is 2.42 bits per heavy atom. The number of carboxylic acids is 1. The second kappa shape index (κ2) is 7.40. The summed E-state index contributed by atoms with van der Waals surface area (Å²) in [6.45, 7) is 1.63. The Labute approximate surface area is 122 Å². The van der Waals surface area contributed by atoms with Gasteiger partial charge in [0.25, 0.3) is 0 Å². The maximum absolute atomic E-state index is 11.7. The quantitative estimate of drug-likeness (QED) is 0.824. The molecule has 2 N–H and O–H groups in total. The lowest BCUT2D eigenvalue weighted by atomic mass is 10.3. The van der Waals surface area contributed by atoms with Crippen LogP contribution in [0.15, 0.2) is 28.7 Å². The van der Waals surface area contributed by atoms with Gasteiger partial charge in [-0.2, -0.15) is 0 Å². The van der Waals surface area contributed by atoms with E-state index in [1.807, 2.05) is 0 Å². The molecule has 1 aromatic rings. The third-order valence-corrected chi connectivity index (χ3v) is 4.61. The molecule has 1 amide bonds. The smallest absolute Gasteiger partial charge is 0.319 e. The number of hydrogen-bond donors (Lipinski definition) is 2. The summed E-state index contributed by atoms with van der Waals surface area (Å²) in [5.74, 6) is -1.92. The average molecular weight is 348 g/mol. The summed E-state index contributed by atoms with van der Waals surface area (Å²) in [6.07, 6.45) is 0.230. The molecule has 2 atom stereocenters. The van der Waals surface area contributed by atoms with Crippen LogP contribution < -0.4 is 5.32 Å². The molecule has 2 unspecified atom stereocenters. The normalized spacial score (nSPS) is 13.6. The molecule has 0 heterocycles. The third-order valence-electron chi connectivity index (χ3n) is 2.36. The fourth-order valence-corrected chi connectivity index (χ4v) is 2.83. The number of nitrogens with one attached hydrogen (secondary N) is 1. The van der Waals surface area contributed by atoms with Gasteiger partial charge in [-0.1, -0.05) is 22.9 Å². The molecular formula is C12H14BrNO4S. The number of benzene rings is 1. The first-order valence-corrected chi connectivity index (χ1v) is 7.77. The standard InChI is InChI=1S/C12H14BrNO4S/c1-2-10(12(16)17)19(18)7-11(15)14-9-5-3-8(13)4-6-9/h3-6,10H,2,7H2,1H3,(H,14,15)(H,16,17). The number of carboxylic acid groups (broad SMARTS) is 1. The van der Waals surface area contributed by atoms with Crippen LogP contribution in [0.1, 0.15) is 13.3 Å². The highest BCUT2D eigenvalue weighted by molar-refractivity contribution is 9.10. The molecule has 0 aliphatic carbocycles. The van der Waals surface area contributed by atoms with E-state index in [0.29, 0.717) is 5.69 Å². The number of hydrogen-bond acceptors (Lipinski definition) is 3. The van der Waals surface area contributed by atoms with E-state index >= 15 is 0 Å². The molecule has 0 spiro atoms. The minimum absolute atomic E-state index is 0.230. The Kier molecular flexibility index (Phi) is 6.17. The highest BCUT2D eigenvalue weighted by Crippen LogP contribution is 2.14. The van der Waals surface area contributed by atoms with Crippen molar-refractivity contribution in [3.8, 4) is 0 Å². The first-order chi connectivity index (χ1) is 8.93. The number of aliphatic carboxylic acids is 1. The van der Waals surface area contributed by atoms with Crippen molar-refractivity contribution in [2.24, 2.45) is 0 Å². The van der Waals surface area contributed by atoms with Crippen molar-refractivity contribution in [1.29, 1.82) is 0 Å². The van der Waals surface area contributed by atoms with E-state index in [1.165, 1.54) is 0 Å². The largest absolute Gasteiger partial charge is 0.480 e. The van der Waals surface area contributed by atoms with E-state index in [4.69, 9.17) is 5.11 Å². The van der Waals surface area contributed by atoms with Crippen LogP contribution in [0.25, 0.3) is 0 Å². The maximum atomic E-state index is 11.7. The summed E-state index contributed by atoms with van der Waals surface area (Å²) in [5.41, 5.74) is 0.577. The Morgan fingerprint density at radius 2 is 1.95 bits per heavy atom. The van der Waals surface area contributed by atoms with E-state index in [-0.39, 0.29) is 12.2 Å². The van der Waals surface area contributed by atoms with Crippen LogP contribution >= 0.6 is 15.9 Å². The minimum atomic E-state index is -1.72. The summed E-state index contributed by atoms with van der Waals surface area (Å²) in [4.78, 5) is 22.5. The third kappa shape index (κ3) is 5.12. The SMILES string of the molecule is CCC(C(=O)O)S(=O)CC(=O)Nc1ccc(Br)cc1. The molecule has 1 rings (SSSR count). The first kappa shape index (κ1) is 15.8. The molecule has 5 nitrogen and oxygen atoms in total. The van der Waals surface area contributed by atoms with Gasteiger partial charge in [-0.15, -0.1) is 0 Å². The Morgan fingerprint density at radius 1 is 1.37 bits per heavy atom. The lowest BCUT2D eigenvalue weighted by Crippen LogP contribution is -2.31. The van der Waals surface area contributed by atoms with Gasteiger partial charge in [0.15, 0.2) is 0 Å². The van der Waals surface area contributed by atoms with E-state index in [1.54, 1.807) is 31.2 Å². The molecule has 0 radical (unpaired) electrons. The monoisotopic (exact) mass is 347 g/mol. The van der Waals surface area contributed by atoms with Crippen LogP contribution in [-0.4, -0.2) is 32.2 Å². The fourth-order valence-electron chi connectivity index (χ4n) is 1.43. The number of amides is 1. The van der Waals surface area contributed by atoms with Crippen LogP contribution in [0.5, 0.6) is 0 Å². The lowest BCUT2D eigenvalue weighted by molar-refractivity contribution is -0.136. The van der Waals surface area contributed by atoms with Gasteiger partial charge in [-0.05, 0) is 30.7 Å². The van der Waals surface area contributed by atoms with Gasteiger partial charge in [-0.25, -0.2) is 0 Å². The van der Waals surface area contributed by atoms with Crippen molar-refractivity contribution < 1.29 is 18.9 Å². The van der Waals surface area contributed by atoms with Crippen LogP contribution in [0, 0.1) is 0 Å². The van der Waals surface area contributed by atoms with Crippen molar-refractivity contribution in [3.63, 3.8) is 0 Å². The Bertz CT molecular complexity index is 489. The predicted octanol–water partition coefficient (Wildman–Crippen LogP) is 2.00.